The number of aryl methyl sites for hydroxylation is 1. The Kier molecular flexibility index (Phi) is 4.01. The number of ether oxygens (including phenoxy) is 1. The third-order valence-electron chi connectivity index (χ3n) is 4.88. The van der Waals surface area contributed by atoms with Gasteiger partial charge in [-0.2, -0.15) is 0 Å². The van der Waals surface area contributed by atoms with E-state index < -0.39 is 0 Å². The van der Waals surface area contributed by atoms with Gasteiger partial charge >= 0.3 is 0 Å². The van der Waals surface area contributed by atoms with E-state index >= 15 is 0 Å². The van der Waals surface area contributed by atoms with Crippen molar-refractivity contribution in [1.82, 2.24) is 0 Å². The van der Waals surface area contributed by atoms with Crippen LogP contribution in [-0.4, -0.2) is 13.1 Å². The number of nitrogens with zero attached hydrogens (tertiary/aromatic N) is 2. The van der Waals surface area contributed by atoms with Crippen LogP contribution in [0.4, 0.5) is 11.4 Å². The summed E-state index contributed by atoms with van der Waals surface area (Å²) in [7, 11) is 0. The predicted octanol–water partition coefficient (Wildman–Crippen LogP) is 4.23. The van der Waals surface area contributed by atoms with Crippen LogP contribution in [0.3, 0.4) is 0 Å². The Hall–Kier alpha value is -2.29. The molecule has 2 aromatic rings. The van der Waals surface area contributed by atoms with Crippen molar-refractivity contribution in [2.24, 2.45) is 4.99 Å². The Morgan fingerprint density at radius 2 is 1.96 bits per heavy atom. The molecule has 24 heavy (non-hydrogen) atoms. The zero-order valence-corrected chi connectivity index (χ0v) is 14.5. The Bertz CT molecular complexity index is 879. The lowest BCUT2D eigenvalue weighted by molar-refractivity contribution is 0.469. The zero-order valence-electron chi connectivity index (χ0n) is 14.5. The molecule has 3 nitrogen and oxygen atoms in total. The smallest absolute Gasteiger partial charge is 0.155 e. The van der Waals surface area contributed by atoms with E-state index in [1.807, 2.05) is 0 Å². The van der Waals surface area contributed by atoms with Crippen LogP contribution in [0.5, 0.6) is 11.5 Å². The lowest BCUT2D eigenvalue weighted by Gasteiger charge is -2.21. The van der Waals surface area contributed by atoms with E-state index in [-0.39, 0.29) is 0 Å². The van der Waals surface area contributed by atoms with Gasteiger partial charge in [-0.05, 0) is 61.2 Å². The Morgan fingerprint density at radius 3 is 2.75 bits per heavy atom. The molecule has 3 heteroatoms. The van der Waals surface area contributed by atoms with Crippen LogP contribution in [-0.2, 0) is 0 Å². The van der Waals surface area contributed by atoms with Gasteiger partial charge in [-0.1, -0.05) is 19.4 Å². The summed E-state index contributed by atoms with van der Waals surface area (Å²) in [5.41, 5.74) is 3.43. The van der Waals surface area contributed by atoms with E-state index in [1.165, 1.54) is 29.3 Å². The molecule has 2 aromatic carbocycles. The molecular formula is C21H24N2O. The SMILES string of the molecule is CCC/C=c1/cc2c(cc1C)=Nc1ccc(N3CCCC3)cc1O2. The van der Waals surface area contributed by atoms with E-state index in [1.54, 1.807) is 0 Å². The second kappa shape index (κ2) is 6.31. The highest BCUT2D eigenvalue weighted by atomic mass is 16.5. The molecule has 0 N–H and O–H groups in total. The first-order valence-electron chi connectivity index (χ1n) is 9.01. The highest BCUT2D eigenvalue weighted by Crippen LogP contribution is 2.37. The minimum absolute atomic E-state index is 0.869. The van der Waals surface area contributed by atoms with Crippen LogP contribution in [0.2, 0.25) is 0 Å². The predicted molar refractivity (Wildman–Crippen MR) is 99.0 cm³/mol. The maximum atomic E-state index is 6.21. The molecule has 2 heterocycles. The molecular weight excluding hydrogens is 296 g/mol. The molecule has 0 unspecified atom stereocenters. The molecule has 124 valence electrons. The van der Waals surface area contributed by atoms with E-state index in [0.717, 1.165) is 48.5 Å². The maximum Gasteiger partial charge on any atom is 0.155 e. The Morgan fingerprint density at radius 1 is 1.12 bits per heavy atom. The van der Waals surface area contributed by atoms with Crippen LogP contribution in [0.25, 0.3) is 6.08 Å². The zero-order chi connectivity index (χ0) is 16.5. The fourth-order valence-corrected chi connectivity index (χ4v) is 3.47. The van der Waals surface area contributed by atoms with Gasteiger partial charge in [0.25, 0.3) is 0 Å². The fraction of sp³-hybridized carbons (Fsp3) is 0.381. The lowest BCUT2D eigenvalue weighted by Crippen LogP contribution is -2.19. The molecule has 2 aliphatic heterocycles. The number of hydrogen-bond donors (Lipinski definition) is 0. The first-order chi connectivity index (χ1) is 11.7. The molecule has 0 aliphatic carbocycles. The van der Waals surface area contributed by atoms with Crippen LogP contribution in [0.1, 0.15) is 38.2 Å². The topological polar surface area (TPSA) is 24.8 Å². The van der Waals surface area contributed by atoms with E-state index in [2.05, 4.69) is 55.2 Å². The van der Waals surface area contributed by atoms with Gasteiger partial charge in [-0.15, -0.1) is 0 Å². The number of rotatable bonds is 3. The molecule has 0 saturated carbocycles. The molecule has 4 rings (SSSR count). The van der Waals surface area contributed by atoms with Gasteiger partial charge in [0.15, 0.2) is 11.5 Å². The number of anilines is 1. The second-order valence-electron chi connectivity index (χ2n) is 6.73. The summed E-state index contributed by atoms with van der Waals surface area (Å²) in [5, 5.41) is 2.19. The average Bonchev–Trinajstić information content (AvgIpc) is 3.12. The molecule has 0 radical (unpaired) electrons. The first kappa shape index (κ1) is 15.3. The molecule has 1 saturated heterocycles. The molecule has 0 bridgehead atoms. The minimum Gasteiger partial charge on any atom is -0.453 e. The average molecular weight is 320 g/mol. The van der Waals surface area contributed by atoms with E-state index in [0.29, 0.717) is 0 Å². The van der Waals surface area contributed by atoms with E-state index in [9.17, 15) is 0 Å². The summed E-state index contributed by atoms with van der Waals surface area (Å²) in [5.74, 6) is 1.74. The summed E-state index contributed by atoms with van der Waals surface area (Å²) in [6.45, 7) is 6.62. The van der Waals surface area contributed by atoms with Crippen molar-refractivity contribution >= 4 is 17.5 Å². The van der Waals surface area contributed by atoms with Crippen molar-refractivity contribution in [3.63, 3.8) is 0 Å². The van der Waals surface area contributed by atoms with Crippen LogP contribution < -0.4 is 20.2 Å². The van der Waals surface area contributed by atoms with Gasteiger partial charge in [-0.3, -0.25) is 0 Å². The maximum absolute atomic E-state index is 6.21. The van der Waals surface area contributed by atoms with Crippen molar-refractivity contribution in [3.8, 4) is 11.5 Å². The minimum atomic E-state index is 0.869. The number of unbranched alkanes of at least 4 members (excludes halogenated alkanes) is 1. The summed E-state index contributed by atoms with van der Waals surface area (Å²) >= 11 is 0. The molecule has 2 aliphatic rings. The lowest BCUT2D eigenvalue weighted by atomic mass is 10.1. The highest BCUT2D eigenvalue weighted by molar-refractivity contribution is 5.64. The van der Waals surface area contributed by atoms with Crippen molar-refractivity contribution in [2.75, 3.05) is 18.0 Å². The van der Waals surface area contributed by atoms with Crippen molar-refractivity contribution in [3.05, 3.63) is 46.5 Å². The van der Waals surface area contributed by atoms with Gasteiger partial charge in [0, 0.05) is 24.8 Å². The van der Waals surface area contributed by atoms with E-state index in [4.69, 9.17) is 9.73 Å². The Balaban J connectivity index is 1.74. The van der Waals surface area contributed by atoms with Gasteiger partial charge in [0.05, 0.1) is 0 Å². The standard InChI is InChI=1S/C21H24N2O/c1-3-4-7-16-13-20-19(12-15(16)2)22-18-9-8-17(14-21(18)24-20)23-10-5-6-11-23/h7-9,12-14H,3-6,10-11H2,1-2H3/b16-7-. The molecule has 1 fully saturated rings. The molecule has 0 amide bonds. The van der Waals surface area contributed by atoms with Gasteiger partial charge in [0.2, 0.25) is 0 Å². The summed E-state index contributed by atoms with van der Waals surface area (Å²) < 4.78 is 6.21. The number of fused-ring (bicyclic) bond motifs is 2. The fourth-order valence-electron chi connectivity index (χ4n) is 3.47. The molecule has 0 aromatic heterocycles. The van der Waals surface area contributed by atoms with Crippen LogP contribution in [0, 0.1) is 6.92 Å². The molecule has 0 atom stereocenters. The summed E-state index contributed by atoms with van der Waals surface area (Å²) in [6, 6.07) is 10.7. The van der Waals surface area contributed by atoms with Gasteiger partial charge in [0.1, 0.15) is 11.0 Å². The van der Waals surface area contributed by atoms with Crippen LogP contribution >= 0.6 is 0 Å². The highest BCUT2D eigenvalue weighted by Gasteiger charge is 2.17. The number of benzene rings is 2. The summed E-state index contributed by atoms with van der Waals surface area (Å²) in [6.07, 6.45) is 7.09. The largest absolute Gasteiger partial charge is 0.453 e. The Labute approximate surface area is 143 Å². The third-order valence-corrected chi connectivity index (χ3v) is 4.88. The monoisotopic (exact) mass is 320 g/mol. The first-order valence-corrected chi connectivity index (χ1v) is 9.01. The van der Waals surface area contributed by atoms with Crippen molar-refractivity contribution in [1.29, 1.82) is 0 Å². The number of hydrogen-bond acceptors (Lipinski definition) is 3. The molecule has 0 spiro atoms. The quantitative estimate of drug-likeness (QED) is 0.721. The normalized spacial score (nSPS) is 16.4. The van der Waals surface area contributed by atoms with Gasteiger partial charge in [-0.25, -0.2) is 4.99 Å². The van der Waals surface area contributed by atoms with Gasteiger partial charge < -0.3 is 9.64 Å². The summed E-state index contributed by atoms with van der Waals surface area (Å²) in [4.78, 5) is 7.23. The van der Waals surface area contributed by atoms with Crippen molar-refractivity contribution in [2.45, 2.75) is 39.5 Å². The van der Waals surface area contributed by atoms with Crippen molar-refractivity contribution < 1.29 is 4.74 Å². The van der Waals surface area contributed by atoms with Crippen LogP contribution in [0.15, 0.2) is 35.3 Å². The third kappa shape index (κ3) is 2.79. The second-order valence-corrected chi connectivity index (χ2v) is 6.73.